The topological polar surface area (TPSA) is 99.4 Å². The van der Waals surface area contributed by atoms with Crippen LogP contribution in [0.5, 0.6) is 0 Å². The Hall–Kier alpha value is -3.99. The summed E-state index contributed by atoms with van der Waals surface area (Å²) in [6.07, 6.45) is 7.11. The zero-order chi connectivity index (χ0) is 25.4. The van der Waals surface area contributed by atoms with Gasteiger partial charge in [-0.25, -0.2) is 9.78 Å². The highest BCUT2D eigenvalue weighted by atomic mass is 16.6. The number of amides is 2. The summed E-state index contributed by atoms with van der Waals surface area (Å²) >= 11 is 0. The lowest BCUT2D eigenvalue weighted by Gasteiger charge is -2.24. The van der Waals surface area contributed by atoms with E-state index in [1.54, 1.807) is 22.1 Å². The highest BCUT2D eigenvalue weighted by molar-refractivity contribution is 5.93. The Balaban J connectivity index is 1.30. The van der Waals surface area contributed by atoms with Gasteiger partial charge in [-0.15, -0.1) is 0 Å². The highest BCUT2D eigenvalue weighted by Crippen LogP contribution is 2.33. The number of nitrogens with zero attached hydrogens (tertiary/aromatic N) is 5. The van der Waals surface area contributed by atoms with Crippen molar-refractivity contribution in [2.45, 2.75) is 39.2 Å². The number of hydrogen-bond donors (Lipinski definition) is 0. The Morgan fingerprint density at radius 2 is 2.03 bits per heavy atom. The molecule has 36 heavy (non-hydrogen) atoms. The average molecular weight is 484 g/mol. The third-order valence-corrected chi connectivity index (χ3v) is 6.60. The number of carbonyl (C=O) groups is 2. The lowest BCUT2D eigenvalue weighted by molar-refractivity contribution is 0.0302. The molecular weight excluding hydrogens is 454 g/mol. The minimum atomic E-state index is -0.521. The molecule has 0 saturated carbocycles. The zero-order valence-corrected chi connectivity index (χ0v) is 20.8. The van der Waals surface area contributed by atoms with Crippen molar-refractivity contribution >= 4 is 18.1 Å². The van der Waals surface area contributed by atoms with E-state index in [0.29, 0.717) is 50.4 Å². The van der Waals surface area contributed by atoms with Gasteiger partial charge >= 0.3 is 6.09 Å². The van der Waals surface area contributed by atoms with Crippen molar-refractivity contribution < 1.29 is 14.3 Å². The van der Waals surface area contributed by atoms with Crippen molar-refractivity contribution in [3.05, 3.63) is 64.6 Å². The first-order valence-corrected chi connectivity index (χ1v) is 12.2. The minimum Gasteiger partial charge on any atom is -0.444 e. The van der Waals surface area contributed by atoms with Crippen LogP contribution in [0, 0.1) is 17.2 Å². The Morgan fingerprint density at radius 1 is 1.19 bits per heavy atom. The normalized spacial score (nSPS) is 19.0. The fourth-order valence-corrected chi connectivity index (χ4v) is 4.73. The molecular formula is C28H29N5O3. The van der Waals surface area contributed by atoms with Gasteiger partial charge in [0, 0.05) is 44.4 Å². The quantitative estimate of drug-likeness (QED) is 0.647. The van der Waals surface area contributed by atoms with Gasteiger partial charge in [-0.1, -0.05) is 12.1 Å². The molecule has 2 amide bonds. The van der Waals surface area contributed by atoms with Crippen LogP contribution in [0.15, 0.2) is 47.7 Å². The van der Waals surface area contributed by atoms with Crippen LogP contribution in [0.3, 0.4) is 0 Å². The van der Waals surface area contributed by atoms with Crippen LogP contribution < -0.4 is 0 Å². The number of nitriles is 1. The van der Waals surface area contributed by atoms with Gasteiger partial charge in [0.1, 0.15) is 11.3 Å². The molecule has 0 N–H and O–H groups in total. The van der Waals surface area contributed by atoms with Crippen LogP contribution in [0.25, 0.3) is 17.3 Å². The van der Waals surface area contributed by atoms with Crippen LogP contribution >= 0.6 is 0 Å². The number of ether oxygens (including phenoxy) is 1. The van der Waals surface area contributed by atoms with Gasteiger partial charge in [-0.05, 0) is 68.2 Å². The first-order chi connectivity index (χ1) is 17.2. The Bertz CT molecular complexity index is 1330. The second-order valence-corrected chi connectivity index (χ2v) is 10.5. The lowest BCUT2D eigenvalue weighted by atomic mass is 10.1. The minimum absolute atomic E-state index is 0.106. The number of aromatic nitrogens is 2. The van der Waals surface area contributed by atoms with Crippen molar-refractivity contribution in [3.63, 3.8) is 0 Å². The summed E-state index contributed by atoms with van der Waals surface area (Å²) < 4.78 is 5.50. The predicted molar refractivity (Wildman–Crippen MR) is 135 cm³/mol. The van der Waals surface area contributed by atoms with E-state index in [1.165, 1.54) is 0 Å². The molecule has 1 fully saturated rings. The standard InChI is InChI=1S/C28H29N5O3/c1-28(2,3)36-27(35)33-10-8-19(17-33)20-11-21-12-22(15-30-25(21)13-20)23-5-4-6-24(31-23)26(34)32-9-7-18(14-29)16-32/h4-6,8,11-12,15,18H,7,9-10,13,16-17H2,1-3H3. The van der Waals surface area contributed by atoms with Gasteiger partial charge in [0.25, 0.3) is 5.91 Å². The monoisotopic (exact) mass is 483 g/mol. The number of pyridine rings is 2. The van der Waals surface area contributed by atoms with Gasteiger partial charge in [-0.2, -0.15) is 5.26 Å². The summed E-state index contributed by atoms with van der Waals surface area (Å²) in [5.74, 6) is -0.251. The second-order valence-electron chi connectivity index (χ2n) is 10.5. The van der Waals surface area contributed by atoms with E-state index in [0.717, 1.165) is 28.0 Å². The van der Waals surface area contributed by atoms with Gasteiger partial charge in [-0.3, -0.25) is 9.78 Å². The number of carbonyl (C=O) groups excluding carboxylic acids is 2. The summed E-state index contributed by atoms with van der Waals surface area (Å²) in [5.41, 5.74) is 5.66. The second kappa shape index (κ2) is 9.23. The molecule has 184 valence electrons. The number of likely N-dealkylation sites (tertiary alicyclic amines) is 1. The molecule has 5 rings (SSSR count). The largest absolute Gasteiger partial charge is 0.444 e. The highest BCUT2D eigenvalue weighted by Gasteiger charge is 2.29. The van der Waals surface area contributed by atoms with E-state index in [4.69, 9.17) is 10.00 Å². The van der Waals surface area contributed by atoms with E-state index in [2.05, 4.69) is 34.3 Å². The third kappa shape index (κ3) is 4.87. The maximum atomic E-state index is 12.9. The molecule has 0 aromatic carbocycles. The molecule has 0 radical (unpaired) electrons. The lowest BCUT2D eigenvalue weighted by Crippen LogP contribution is -2.35. The van der Waals surface area contributed by atoms with Gasteiger partial charge in [0.05, 0.1) is 23.4 Å². The molecule has 2 aromatic rings. The molecule has 4 heterocycles. The summed E-state index contributed by atoms with van der Waals surface area (Å²) in [4.78, 5) is 38.0. The molecule has 1 aliphatic carbocycles. The first-order valence-electron chi connectivity index (χ1n) is 12.2. The summed E-state index contributed by atoms with van der Waals surface area (Å²) in [5, 5.41) is 9.13. The Kier molecular flexibility index (Phi) is 6.09. The molecule has 0 spiro atoms. The van der Waals surface area contributed by atoms with E-state index in [1.807, 2.05) is 32.9 Å². The molecule has 2 aliphatic heterocycles. The molecule has 1 unspecified atom stereocenters. The molecule has 8 heteroatoms. The number of fused-ring (bicyclic) bond motifs is 1. The van der Waals surface area contributed by atoms with Gasteiger partial charge < -0.3 is 14.5 Å². The molecule has 1 saturated heterocycles. The molecule has 2 aromatic heterocycles. The maximum Gasteiger partial charge on any atom is 0.410 e. The summed E-state index contributed by atoms with van der Waals surface area (Å²) in [6, 6.07) is 9.71. The van der Waals surface area contributed by atoms with Crippen LogP contribution in [-0.4, -0.2) is 63.5 Å². The zero-order valence-electron chi connectivity index (χ0n) is 20.8. The first kappa shape index (κ1) is 23.7. The van der Waals surface area contributed by atoms with Crippen molar-refractivity contribution in [1.29, 1.82) is 5.26 Å². The van der Waals surface area contributed by atoms with Gasteiger partial charge in [0.15, 0.2) is 0 Å². The third-order valence-electron chi connectivity index (χ3n) is 6.60. The van der Waals surface area contributed by atoms with Crippen molar-refractivity contribution in [2.24, 2.45) is 5.92 Å². The molecule has 3 aliphatic rings. The Morgan fingerprint density at radius 3 is 2.78 bits per heavy atom. The maximum absolute atomic E-state index is 12.9. The van der Waals surface area contributed by atoms with Gasteiger partial charge in [0.2, 0.25) is 0 Å². The van der Waals surface area contributed by atoms with E-state index >= 15 is 0 Å². The molecule has 0 bridgehead atoms. The van der Waals surface area contributed by atoms with Crippen LogP contribution in [-0.2, 0) is 11.2 Å². The van der Waals surface area contributed by atoms with Crippen LogP contribution in [0.2, 0.25) is 0 Å². The van der Waals surface area contributed by atoms with Crippen molar-refractivity contribution in [1.82, 2.24) is 19.8 Å². The van der Waals surface area contributed by atoms with Crippen molar-refractivity contribution in [2.75, 3.05) is 26.2 Å². The molecule has 8 nitrogen and oxygen atoms in total. The average Bonchev–Trinajstić information content (AvgIpc) is 3.61. The van der Waals surface area contributed by atoms with E-state index in [9.17, 15) is 9.59 Å². The summed E-state index contributed by atoms with van der Waals surface area (Å²) in [6.45, 7) is 7.70. The van der Waals surface area contributed by atoms with E-state index < -0.39 is 5.60 Å². The molecule has 1 atom stereocenters. The van der Waals surface area contributed by atoms with Crippen LogP contribution in [0.4, 0.5) is 4.79 Å². The fourth-order valence-electron chi connectivity index (χ4n) is 4.73. The van der Waals surface area contributed by atoms with Crippen LogP contribution in [0.1, 0.15) is 48.9 Å². The Labute approximate surface area is 210 Å². The summed E-state index contributed by atoms with van der Waals surface area (Å²) in [7, 11) is 0. The van der Waals surface area contributed by atoms with E-state index in [-0.39, 0.29) is 17.9 Å². The fraction of sp³-hybridized carbons (Fsp3) is 0.393. The number of rotatable bonds is 3. The smallest absolute Gasteiger partial charge is 0.410 e. The predicted octanol–water partition coefficient (Wildman–Crippen LogP) is 4.25. The SMILES string of the molecule is CC(C)(C)OC(=O)N1CC=C(C2=Cc3cc(-c4cccc(C(=O)N5CCC(C#N)C5)n4)cnc3C2)C1. The van der Waals surface area contributed by atoms with Crippen molar-refractivity contribution in [3.8, 4) is 17.3 Å². The number of hydrogen-bond acceptors (Lipinski definition) is 6.